The Hall–Kier alpha value is -2.26. The lowest BCUT2D eigenvalue weighted by Gasteiger charge is -2.15. The van der Waals surface area contributed by atoms with Crippen LogP contribution in [0.25, 0.3) is 22.0 Å². The van der Waals surface area contributed by atoms with E-state index in [0.29, 0.717) is 0 Å². The van der Waals surface area contributed by atoms with Crippen molar-refractivity contribution in [2.45, 2.75) is 26.9 Å². The average molecular weight is 295 g/mol. The molecule has 0 bridgehead atoms. The highest BCUT2D eigenvalue weighted by Crippen LogP contribution is 2.33. The molecule has 2 aromatic carbocycles. The van der Waals surface area contributed by atoms with Crippen LogP contribution < -0.4 is 0 Å². The van der Waals surface area contributed by atoms with Crippen LogP contribution in [-0.4, -0.2) is 10.1 Å². The van der Waals surface area contributed by atoms with Crippen molar-refractivity contribution in [2.24, 2.45) is 0 Å². The van der Waals surface area contributed by atoms with E-state index in [1.165, 1.54) is 12.1 Å². The molecule has 22 heavy (non-hydrogen) atoms. The average Bonchev–Trinajstić information content (AvgIpc) is 2.48. The van der Waals surface area contributed by atoms with Crippen LogP contribution in [0, 0.1) is 19.7 Å². The molecule has 3 rings (SSSR count). The maximum atomic E-state index is 13.1. The van der Waals surface area contributed by atoms with Gasteiger partial charge in [0.1, 0.15) is 5.82 Å². The molecule has 1 unspecified atom stereocenters. The first-order valence-electron chi connectivity index (χ1n) is 7.32. The number of halogens is 1. The van der Waals surface area contributed by atoms with Crippen LogP contribution in [0.1, 0.15) is 29.8 Å². The van der Waals surface area contributed by atoms with Crippen LogP contribution in [0.15, 0.2) is 42.5 Å². The Morgan fingerprint density at radius 2 is 1.73 bits per heavy atom. The van der Waals surface area contributed by atoms with Gasteiger partial charge in [-0.25, -0.2) is 4.39 Å². The molecule has 1 N–H and O–H groups in total. The zero-order chi connectivity index (χ0) is 15.9. The zero-order valence-electron chi connectivity index (χ0n) is 12.9. The molecule has 0 aliphatic heterocycles. The quantitative estimate of drug-likeness (QED) is 0.742. The minimum absolute atomic E-state index is 0.246. The molecule has 0 amide bonds. The fraction of sp³-hybridized carbons (Fsp3) is 0.211. The molecule has 0 saturated carbocycles. The van der Waals surface area contributed by atoms with E-state index >= 15 is 0 Å². The summed E-state index contributed by atoms with van der Waals surface area (Å²) in [5.74, 6) is -0.246. The Bertz CT molecular complexity index is 838. The Morgan fingerprint density at radius 3 is 2.36 bits per heavy atom. The normalized spacial score (nSPS) is 12.6. The Morgan fingerprint density at radius 1 is 1.05 bits per heavy atom. The first kappa shape index (κ1) is 14.7. The number of benzene rings is 2. The monoisotopic (exact) mass is 295 g/mol. The van der Waals surface area contributed by atoms with Crippen LogP contribution in [0.4, 0.5) is 4.39 Å². The fourth-order valence-electron chi connectivity index (χ4n) is 2.95. The number of aliphatic hydroxyl groups is 1. The maximum Gasteiger partial charge on any atom is 0.123 e. The van der Waals surface area contributed by atoms with E-state index in [2.05, 4.69) is 4.98 Å². The molecular formula is C19H18FNO. The molecule has 0 fully saturated rings. The third-order valence-electron chi connectivity index (χ3n) is 4.00. The van der Waals surface area contributed by atoms with Crippen molar-refractivity contribution in [1.29, 1.82) is 0 Å². The van der Waals surface area contributed by atoms with E-state index in [1.54, 1.807) is 19.1 Å². The molecule has 2 nitrogen and oxygen atoms in total. The Kier molecular flexibility index (Phi) is 3.67. The van der Waals surface area contributed by atoms with Gasteiger partial charge < -0.3 is 5.11 Å². The second kappa shape index (κ2) is 5.50. The molecule has 0 aliphatic rings. The van der Waals surface area contributed by atoms with Crippen LogP contribution in [0.5, 0.6) is 0 Å². The van der Waals surface area contributed by atoms with Crippen molar-refractivity contribution in [2.75, 3.05) is 0 Å². The van der Waals surface area contributed by atoms with Crippen LogP contribution >= 0.6 is 0 Å². The molecule has 0 radical (unpaired) electrons. The molecular weight excluding hydrogens is 277 g/mol. The molecule has 1 aromatic heterocycles. The van der Waals surface area contributed by atoms with Gasteiger partial charge in [-0.15, -0.1) is 0 Å². The van der Waals surface area contributed by atoms with E-state index in [9.17, 15) is 9.50 Å². The summed E-state index contributed by atoms with van der Waals surface area (Å²) in [5, 5.41) is 11.1. The summed E-state index contributed by atoms with van der Waals surface area (Å²) >= 11 is 0. The van der Waals surface area contributed by atoms with Gasteiger partial charge in [0, 0.05) is 11.1 Å². The summed E-state index contributed by atoms with van der Waals surface area (Å²) in [6.45, 7) is 5.71. The molecule has 0 aliphatic carbocycles. The first-order valence-corrected chi connectivity index (χ1v) is 7.32. The van der Waals surface area contributed by atoms with E-state index in [4.69, 9.17) is 0 Å². The number of aliphatic hydroxyl groups excluding tert-OH is 1. The maximum absolute atomic E-state index is 13.1. The van der Waals surface area contributed by atoms with Gasteiger partial charge in [-0.2, -0.15) is 0 Å². The van der Waals surface area contributed by atoms with Gasteiger partial charge in [0.05, 0.1) is 11.6 Å². The number of rotatable bonds is 2. The van der Waals surface area contributed by atoms with Gasteiger partial charge in [0.2, 0.25) is 0 Å². The highest BCUT2D eigenvalue weighted by molar-refractivity contribution is 5.92. The van der Waals surface area contributed by atoms with Gasteiger partial charge in [-0.1, -0.05) is 18.2 Å². The molecule has 3 aromatic rings. The van der Waals surface area contributed by atoms with E-state index in [0.717, 1.165) is 38.9 Å². The van der Waals surface area contributed by atoms with Crippen LogP contribution in [-0.2, 0) is 0 Å². The Labute approximate surface area is 129 Å². The number of aryl methyl sites for hydroxylation is 2. The zero-order valence-corrected chi connectivity index (χ0v) is 12.9. The molecule has 112 valence electrons. The largest absolute Gasteiger partial charge is 0.389 e. The van der Waals surface area contributed by atoms with E-state index < -0.39 is 6.10 Å². The van der Waals surface area contributed by atoms with Gasteiger partial charge in [0.25, 0.3) is 0 Å². The molecule has 1 atom stereocenters. The second-order valence-corrected chi connectivity index (χ2v) is 5.67. The van der Waals surface area contributed by atoms with Gasteiger partial charge >= 0.3 is 0 Å². The van der Waals surface area contributed by atoms with Gasteiger partial charge in [-0.05, 0) is 67.3 Å². The van der Waals surface area contributed by atoms with Gasteiger partial charge in [0.15, 0.2) is 0 Å². The van der Waals surface area contributed by atoms with Crippen LogP contribution in [0.3, 0.4) is 0 Å². The van der Waals surface area contributed by atoms with Crippen molar-refractivity contribution >= 4 is 10.9 Å². The summed E-state index contributed by atoms with van der Waals surface area (Å²) in [4.78, 5) is 4.56. The molecule has 1 heterocycles. The summed E-state index contributed by atoms with van der Waals surface area (Å²) in [5.41, 5.74) is 5.67. The van der Waals surface area contributed by atoms with Gasteiger partial charge in [-0.3, -0.25) is 4.98 Å². The van der Waals surface area contributed by atoms with Crippen molar-refractivity contribution in [3.63, 3.8) is 0 Å². The number of hydrogen-bond donors (Lipinski definition) is 1. The van der Waals surface area contributed by atoms with E-state index in [-0.39, 0.29) is 5.82 Å². The smallest absolute Gasteiger partial charge is 0.123 e. The highest BCUT2D eigenvalue weighted by atomic mass is 19.1. The number of aromatic nitrogens is 1. The lowest BCUT2D eigenvalue weighted by molar-refractivity contribution is 0.200. The molecule has 0 spiro atoms. The summed E-state index contributed by atoms with van der Waals surface area (Å²) < 4.78 is 13.1. The SMILES string of the molecule is Cc1cc(C(C)O)c2c(C)c(-c3ccc(F)cc3)ccc2n1. The number of pyridine rings is 1. The summed E-state index contributed by atoms with van der Waals surface area (Å²) in [6, 6.07) is 12.3. The molecule has 0 saturated heterocycles. The van der Waals surface area contributed by atoms with Crippen molar-refractivity contribution in [3.05, 3.63) is 65.1 Å². The second-order valence-electron chi connectivity index (χ2n) is 5.67. The number of nitrogens with zero attached hydrogens (tertiary/aromatic N) is 1. The third-order valence-corrected chi connectivity index (χ3v) is 4.00. The predicted molar refractivity (Wildman–Crippen MR) is 87.2 cm³/mol. The van der Waals surface area contributed by atoms with Crippen molar-refractivity contribution in [3.8, 4) is 11.1 Å². The topological polar surface area (TPSA) is 33.1 Å². The predicted octanol–water partition coefficient (Wildman–Crippen LogP) is 4.71. The number of hydrogen-bond acceptors (Lipinski definition) is 2. The molecule has 3 heteroatoms. The van der Waals surface area contributed by atoms with E-state index in [1.807, 2.05) is 32.0 Å². The minimum Gasteiger partial charge on any atom is -0.389 e. The summed E-state index contributed by atoms with van der Waals surface area (Å²) in [7, 11) is 0. The summed E-state index contributed by atoms with van der Waals surface area (Å²) in [6.07, 6.45) is -0.564. The number of fused-ring (bicyclic) bond motifs is 1. The van der Waals surface area contributed by atoms with Crippen molar-refractivity contribution < 1.29 is 9.50 Å². The highest BCUT2D eigenvalue weighted by Gasteiger charge is 2.14. The standard InChI is InChI=1S/C19H18FNO/c1-11-10-17(13(3)22)19-12(2)16(8-9-18(19)21-11)14-4-6-15(20)7-5-14/h4-10,13,22H,1-3H3. The lowest BCUT2D eigenvalue weighted by atomic mass is 9.93. The Balaban J connectivity index is 2.31. The third kappa shape index (κ3) is 2.48. The first-order chi connectivity index (χ1) is 10.5. The minimum atomic E-state index is -0.564. The fourth-order valence-corrected chi connectivity index (χ4v) is 2.95. The van der Waals surface area contributed by atoms with Crippen LogP contribution in [0.2, 0.25) is 0 Å². The van der Waals surface area contributed by atoms with Crippen molar-refractivity contribution in [1.82, 2.24) is 4.98 Å². The lowest BCUT2D eigenvalue weighted by Crippen LogP contribution is -1.99.